The van der Waals surface area contributed by atoms with Crippen LogP contribution in [0.2, 0.25) is 0 Å². The molecule has 0 aliphatic heterocycles. The van der Waals surface area contributed by atoms with Crippen LogP contribution < -0.4 is 0 Å². The van der Waals surface area contributed by atoms with Crippen molar-refractivity contribution in [1.29, 1.82) is 0 Å². The Morgan fingerprint density at radius 3 is 0.683 bits per heavy atom. The Balaban J connectivity index is 3.50. The van der Waals surface area contributed by atoms with Gasteiger partial charge in [-0.3, -0.25) is 0 Å². The molecule has 250 valence electrons. The van der Waals surface area contributed by atoms with E-state index in [0.717, 1.165) is 0 Å². The Kier molecular flexibility index (Phi) is 33.5. The van der Waals surface area contributed by atoms with Crippen LogP contribution in [0.3, 0.4) is 0 Å². The number of aliphatic hydroxyl groups is 1. The van der Waals surface area contributed by atoms with E-state index in [-0.39, 0.29) is 5.44 Å². The molecule has 0 radical (unpaired) electrons. The van der Waals surface area contributed by atoms with Gasteiger partial charge in [0.05, 0.1) is 5.44 Å². The summed E-state index contributed by atoms with van der Waals surface area (Å²) in [5, 5.41) is 10.6. The van der Waals surface area contributed by atoms with E-state index in [1.54, 1.807) is 0 Å². The summed E-state index contributed by atoms with van der Waals surface area (Å²) in [4.78, 5) is 0. The van der Waals surface area contributed by atoms with E-state index in [1.807, 2.05) is 0 Å². The molecule has 0 spiro atoms. The average Bonchev–Trinajstić information content (AvgIpc) is 2.96. The van der Waals surface area contributed by atoms with Crippen LogP contribution in [0.25, 0.3) is 0 Å². The van der Waals surface area contributed by atoms with Crippen molar-refractivity contribution in [3.63, 3.8) is 0 Å². The van der Waals surface area contributed by atoms with Crippen LogP contribution in [0.1, 0.15) is 226 Å². The van der Waals surface area contributed by atoms with Gasteiger partial charge in [-0.2, -0.15) is 0 Å². The lowest BCUT2D eigenvalue weighted by atomic mass is 10.0. The maximum Gasteiger partial charge on any atom is 0.0813 e. The van der Waals surface area contributed by atoms with Gasteiger partial charge in [0.25, 0.3) is 0 Å². The fourth-order valence-electron chi connectivity index (χ4n) is 6.40. The van der Waals surface area contributed by atoms with Gasteiger partial charge >= 0.3 is 0 Å². The SMILES string of the molecule is CCCCCCCCCCCCCCCCCCS(C)(CCCCCCCCCCCCCCCCCC)C(C)O. The van der Waals surface area contributed by atoms with Gasteiger partial charge in [0, 0.05) is 0 Å². The quantitative estimate of drug-likeness (QED) is 0.0719. The number of rotatable bonds is 35. The number of unbranched alkanes of at least 4 members (excludes halogenated alkanes) is 30. The molecule has 1 unspecified atom stereocenters. The zero-order chi connectivity index (χ0) is 30.1. The minimum absolute atomic E-state index is 0.0878. The molecule has 0 saturated carbocycles. The molecule has 1 atom stereocenters. The zero-order valence-electron chi connectivity index (χ0n) is 29.5. The third kappa shape index (κ3) is 30.1. The first kappa shape index (κ1) is 41.3. The summed E-state index contributed by atoms with van der Waals surface area (Å²) in [7, 11) is -0.839. The predicted octanol–water partition coefficient (Wildman–Crippen LogP) is 14.3. The first-order valence-corrected chi connectivity index (χ1v) is 21.9. The first-order valence-electron chi connectivity index (χ1n) is 19.5. The second-order valence-electron chi connectivity index (χ2n) is 14.0. The third-order valence-electron chi connectivity index (χ3n) is 9.75. The Hall–Kier alpha value is 0.310. The zero-order valence-corrected chi connectivity index (χ0v) is 30.3. The lowest BCUT2D eigenvalue weighted by Crippen LogP contribution is -2.20. The van der Waals surface area contributed by atoms with Gasteiger partial charge in [0.15, 0.2) is 0 Å². The minimum atomic E-state index is -0.839. The van der Waals surface area contributed by atoms with E-state index < -0.39 is 10.0 Å². The fourth-order valence-corrected chi connectivity index (χ4v) is 9.02. The molecule has 0 aliphatic rings. The molecule has 0 fully saturated rings. The maximum atomic E-state index is 10.6. The van der Waals surface area contributed by atoms with E-state index in [9.17, 15) is 5.11 Å². The van der Waals surface area contributed by atoms with Crippen molar-refractivity contribution in [3.05, 3.63) is 0 Å². The van der Waals surface area contributed by atoms with Crippen LogP contribution in [0, 0.1) is 0 Å². The first-order chi connectivity index (χ1) is 20.1. The molecule has 0 amide bonds. The summed E-state index contributed by atoms with van der Waals surface area (Å²) in [6, 6.07) is 0. The second-order valence-corrected chi connectivity index (χ2v) is 18.2. The highest BCUT2D eigenvalue weighted by Gasteiger charge is 2.22. The van der Waals surface area contributed by atoms with Gasteiger partial charge < -0.3 is 5.11 Å². The molecule has 1 N–H and O–H groups in total. The van der Waals surface area contributed by atoms with Crippen LogP contribution in [-0.4, -0.2) is 28.3 Å². The Labute approximate surface area is 263 Å². The lowest BCUT2D eigenvalue weighted by molar-refractivity contribution is 0.278. The number of hydrogen-bond acceptors (Lipinski definition) is 1. The van der Waals surface area contributed by atoms with E-state index in [0.29, 0.717) is 0 Å². The van der Waals surface area contributed by atoms with Gasteiger partial charge in [-0.25, -0.2) is 10.0 Å². The van der Waals surface area contributed by atoms with Crippen molar-refractivity contribution in [3.8, 4) is 0 Å². The predicted molar refractivity (Wildman–Crippen MR) is 194 cm³/mol. The van der Waals surface area contributed by atoms with Crippen LogP contribution >= 0.6 is 10.0 Å². The minimum Gasteiger partial charge on any atom is -0.384 e. The van der Waals surface area contributed by atoms with Crippen molar-refractivity contribution in [2.45, 2.75) is 232 Å². The summed E-state index contributed by atoms with van der Waals surface area (Å²) in [6.45, 7) is 6.68. The summed E-state index contributed by atoms with van der Waals surface area (Å²) >= 11 is 0. The van der Waals surface area contributed by atoms with Crippen molar-refractivity contribution in [1.82, 2.24) is 0 Å². The smallest absolute Gasteiger partial charge is 0.0813 e. The fraction of sp³-hybridized carbons (Fsp3) is 1.00. The normalized spacial score (nSPS) is 13.2. The topological polar surface area (TPSA) is 20.2 Å². The second kappa shape index (κ2) is 33.2. The Bertz CT molecular complexity index is 440. The molecule has 0 aromatic rings. The van der Waals surface area contributed by atoms with E-state index >= 15 is 0 Å². The van der Waals surface area contributed by atoms with E-state index in [1.165, 1.54) is 217 Å². The van der Waals surface area contributed by atoms with Gasteiger partial charge in [-0.05, 0) is 37.5 Å². The highest BCUT2D eigenvalue weighted by Crippen LogP contribution is 2.49. The average molecular weight is 599 g/mol. The van der Waals surface area contributed by atoms with Crippen LogP contribution in [0.4, 0.5) is 0 Å². The highest BCUT2D eigenvalue weighted by atomic mass is 32.3. The summed E-state index contributed by atoms with van der Waals surface area (Å²) in [5.41, 5.74) is -0.0878. The molecule has 41 heavy (non-hydrogen) atoms. The van der Waals surface area contributed by atoms with Gasteiger partial charge in [0.1, 0.15) is 0 Å². The summed E-state index contributed by atoms with van der Waals surface area (Å²) in [5.74, 6) is 2.59. The molecule has 0 heterocycles. The molecule has 0 aromatic heterocycles. The molecule has 0 saturated heterocycles. The Morgan fingerprint density at radius 2 is 0.512 bits per heavy atom. The van der Waals surface area contributed by atoms with Crippen molar-refractivity contribution < 1.29 is 5.11 Å². The largest absolute Gasteiger partial charge is 0.384 e. The molecular formula is C39H82OS. The van der Waals surface area contributed by atoms with Gasteiger partial charge in [-0.1, -0.05) is 206 Å². The molecular weight excluding hydrogens is 516 g/mol. The van der Waals surface area contributed by atoms with Crippen LogP contribution in [0.15, 0.2) is 0 Å². The molecule has 2 heteroatoms. The standard InChI is InChI=1S/C39H82OS/c1-5-7-9-11-13-15-17-19-21-23-25-27-29-31-33-35-37-41(4,39(3)40)38-36-34-32-30-28-26-24-22-20-18-16-14-12-10-8-6-2/h39-40H,5-38H2,1-4H3. The molecule has 0 aromatic carbocycles. The Morgan fingerprint density at radius 1 is 0.341 bits per heavy atom. The highest BCUT2D eigenvalue weighted by molar-refractivity contribution is 8.33. The maximum absolute atomic E-state index is 10.6. The van der Waals surface area contributed by atoms with Crippen LogP contribution in [-0.2, 0) is 0 Å². The number of hydrogen-bond donors (Lipinski definition) is 1. The van der Waals surface area contributed by atoms with E-state index in [2.05, 4.69) is 27.0 Å². The molecule has 0 rings (SSSR count). The molecule has 1 nitrogen and oxygen atoms in total. The van der Waals surface area contributed by atoms with Gasteiger partial charge in [-0.15, -0.1) is 0 Å². The third-order valence-corrected chi connectivity index (χ3v) is 13.8. The summed E-state index contributed by atoms with van der Waals surface area (Å²) in [6.07, 6.45) is 48.3. The van der Waals surface area contributed by atoms with Crippen molar-refractivity contribution in [2.75, 3.05) is 17.8 Å². The van der Waals surface area contributed by atoms with Gasteiger partial charge in [0.2, 0.25) is 0 Å². The van der Waals surface area contributed by atoms with E-state index in [4.69, 9.17) is 0 Å². The monoisotopic (exact) mass is 599 g/mol. The molecule has 0 aliphatic carbocycles. The van der Waals surface area contributed by atoms with Crippen molar-refractivity contribution in [2.24, 2.45) is 0 Å². The summed E-state index contributed by atoms with van der Waals surface area (Å²) < 4.78 is 0. The number of aliphatic hydroxyl groups excluding tert-OH is 1. The lowest BCUT2D eigenvalue weighted by Gasteiger charge is -2.39. The van der Waals surface area contributed by atoms with Crippen LogP contribution in [0.5, 0.6) is 0 Å². The molecule has 0 bridgehead atoms. The van der Waals surface area contributed by atoms with Crippen molar-refractivity contribution >= 4 is 10.0 Å².